The van der Waals surface area contributed by atoms with Crippen LogP contribution in [0.15, 0.2) is 18.5 Å². The van der Waals surface area contributed by atoms with Gasteiger partial charge in [0.25, 0.3) is 0 Å². The van der Waals surface area contributed by atoms with Gasteiger partial charge in [-0.25, -0.2) is 9.78 Å². The lowest BCUT2D eigenvalue weighted by atomic mass is 10.3. The van der Waals surface area contributed by atoms with Gasteiger partial charge in [-0.15, -0.1) is 0 Å². The number of rotatable bonds is 4. The lowest BCUT2D eigenvalue weighted by Gasteiger charge is -2.02. The molecule has 2 heterocycles. The fourth-order valence-corrected chi connectivity index (χ4v) is 1.34. The minimum Gasteiger partial charge on any atom is -0.461 e. The predicted molar refractivity (Wildman–Crippen MR) is 59.1 cm³/mol. The molecule has 0 saturated heterocycles. The number of esters is 1. The summed E-state index contributed by atoms with van der Waals surface area (Å²) in [5.41, 5.74) is 1.13. The summed E-state index contributed by atoms with van der Waals surface area (Å²) in [5, 5.41) is 7.49. The first kappa shape index (κ1) is 10.6. The number of fused-ring (bicyclic) bond motifs is 1. The highest BCUT2D eigenvalue weighted by molar-refractivity contribution is 5.91. The summed E-state index contributed by atoms with van der Waals surface area (Å²) >= 11 is 0. The molecule has 0 saturated carbocycles. The van der Waals surface area contributed by atoms with Gasteiger partial charge in [-0.2, -0.15) is 5.10 Å². The first-order valence-electron chi connectivity index (χ1n) is 5.27. The number of carbonyl (C=O) groups is 1. The third kappa shape index (κ3) is 2.18. The van der Waals surface area contributed by atoms with Gasteiger partial charge < -0.3 is 4.74 Å². The highest BCUT2D eigenvalue weighted by Gasteiger charge is 2.09. The molecule has 2 aromatic heterocycles. The van der Waals surface area contributed by atoms with Crippen molar-refractivity contribution >= 4 is 16.9 Å². The monoisotopic (exact) mass is 219 g/mol. The Labute approximate surface area is 92.8 Å². The Hall–Kier alpha value is -1.91. The van der Waals surface area contributed by atoms with E-state index < -0.39 is 0 Å². The summed E-state index contributed by atoms with van der Waals surface area (Å²) in [7, 11) is 0. The molecular weight excluding hydrogens is 206 g/mol. The lowest BCUT2D eigenvalue weighted by Crippen LogP contribution is -2.08. The van der Waals surface area contributed by atoms with E-state index in [0.29, 0.717) is 12.3 Å². The molecule has 0 radical (unpaired) electrons. The zero-order chi connectivity index (χ0) is 11.4. The number of unbranched alkanes of at least 4 members (excludes halogenated alkanes) is 1. The molecular formula is C11H13N3O2. The van der Waals surface area contributed by atoms with E-state index in [1.807, 2.05) is 6.92 Å². The van der Waals surface area contributed by atoms with Crippen molar-refractivity contribution in [3.63, 3.8) is 0 Å². The fourth-order valence-electron chi connectivity index (χ4n) is 1.34. The van der Waals surface area contributed by atoms with E-state index >= 15 is 0 Å². The number of carbonyl (C=O) groups excluding carboxylic acids is 1. The molecule has 0 spiro atoms. The van der Waals surface area contributed by atoms with E-state index in [9.17, 15) is 4.79 Å². The zero-order valence-corrected chi connectivity index (χ0v) is 9.06. The molecule has 16 heavy (non-hydrogen) atoms. The lowest BCUT2D eigenvalue weighted by molar-refractivity contribution is 0.0493. The average molecular weight is 219 g/mol. The second-order valence-corrected chi connectivity index (χ2v) is 3.52. The number of ether oxygens (including phenoxy) is 1. The maximum absolute atomic E-state index is 11.6. The van der Waals surface area contributed by atoms with Gasteiger partial charge in [0, 0.05) is 5.39 Å². The Kier molecular flexibility index (Phi) is 3.14. The highest BCUT2D eigenvalue weighted by atomic mass is 16.5. The molecule has 0 aliphatic rings. The van der Waals surface area contributed by atoms with Gasteiger partial charge in [0.15, 0.2) is 0 Å². The van der Waals surface area contributed by atoms with Crippen LogP contribution in [0.4, 0.5) is 0 Å². The summed E-state index contributed by atoms with van der Waals surface area (Å²) in [4.78, 5) is 15.6. The molecule has 0 bridgehead atoms. The van der Waals surface area contributed by atoms with Crippen molar-refractivity contribution in [1.82, 2.24) is 15.2 Å². The molecule has 1 N–H and O–H groups in total. The highest BCUT2D eigenvalue weighted by Crippen LogP contribution is 2.10. The molecule has 2 aromatic rings. The van der Waals surface area contributed by atoms with E-state index in [1.165, 1.54) is 0 Å². The van der Waals surface area contributed by atoms with Crippen molar-refractivity contribution in [2.75, 3.05) is 6.61 Å². The van der Waals surface area contributed by atoms with Crippen molar-refractivity contribution in [3.05, 3.63) is 24.2 Å². The minimum absolute atomic E-state index is 0.324. The Morgan fingerprint density at radius 2 is 2.38 bits per heavy atom. The topological polar surface area (TPSA) is 67.9 Å². The molecule has 0 unspecified atom stereocenters. The van der Waals surface area contributed by atoms with Crippen molar-refractivity contribution < 1.29 is 9.53 Å². The van der Waals surface area contributed by atoms with Crippen molar-refractivity contribution in [1.29, 1.82) is 0 Å². The van der Waals surface area contributed by atoms with E-state index in [0.717, 1.165) is 23.7 Å². The molecule has 84 valence electrons. The Morgan fingerprint density at radius 3 is 3.19 bits per heavy atom. The van der Waals surface area contributed by atoms with Gasteiger partial charge in [0.05, 0.1) is 24.5 Å². The zero-order valence-electron chi connectivity index (χ0n) is 9.06. The van der Waals surface area contributed by atoms with Crippen LogP contribution in [-0.2, 0) is 4.74 Å². The Balaban J connectivity index is 2.10. The molecule has 5 nitrogen and oxygen atoms in total. The molecule has 0 fully saturated rings. The van der Waals surface area contributed by atoms with Crippen LogP contribution < -0.4 is 0 Å². The number of aromatic amines is 1. The smallest absolute Gasteiger partial charge is 0.356 e. The summed E-state index contributed by atoms with van der Waals surface area (Å²) in [6, 6.07) is 1.67. The molecule has 0 atom stereocenters. The number of nitrogens with zero attached hydrogens (tertiary/aromatic N) is 2. The number of nitrogens with one attached hydrogen (secondary N) is 1. The quantitative estimate of drug-likeness (QED) is 0.630. The van der Waals surface area contributed by atoms with Crippen LogP contribution in [-0.4, -0.2) is 27.8 Å². The Morgan fingerprint density at radius 1 is 1.50 bits per heavy atom. The normalized spacial score (nSPS) is 10.6. The number of aromatic nitrogens is 3. The maximum atomic E-state index is 11.6. The van der Waals surface area contributed by atoms with E-state index in [-0.39, 0.29) is 5.97 Å². The number of hydrogen-bond acceptors (Lipinski definition) is 4. The van der Waals surface area contributed by atoms with E-state index in [4.69, 9.17) is 4.74 Å². The molecule has 5 heteroatoms. The summed E-state index contributed by atoms with van der Waals surface area (Å²) in [5.74, 6) is -0.378. The molecule has 0 aliphatic carbocycles. The van der Waals surface area contributed by atoms with Gasteiger partial charge in [0.1, 0.15) is 5.69 Å². The number of pyridine rings is 1. The van der Waals surface area contributed by atoms with Gasteiger partial charge in [-0.3, -0.25) is 5.10 Å². The van der Waals surface area contributed by atoms with Gasteiger partial charge in [-0.05, 0) is 12.5 Å². The molecule has 0 amide bonds. The number of hydrogen-bond donors (Lipinski definition) is 1. The molecule has 0 aliphatic heterocycles. The van der Waals surface area contributed by atoms with Gasteiger partial charge in [-0.1, -0.05) is 13.3 Å². The van der Waals surface area contributed by atoms with Crippen molar-refractivity contribution in [2.24, 2.45) is 0 Å². The second-order valence-electron chi connectivity index (χ2n) is 3.52. The van der Waals surface area contributed by atoms with Crippen molar-refractivity contribution in [3.8, 4) is 0 Å². The van der Waals surface area contributed by atoms with Crippen LogP contribution in [0.25, 0.3) is 10.9 Å². The van der Waals surface area contributed by atoms with Crippen LogP contribution in [0, 0.1) is 0 Å². The van der Waals surface area contributed by atoms with Crippen LogP contribution >= 0.6 is 0 Å². The van der Waals surface area contributed by atoms with E-state index in [2.05, 4.69) is 15.2 Å². The van der Waals surface area contributed by atoms with Crippen LogP contribution in [0.5, 0.6) is 0 Å². The predicted octanol–water partition coefficient (Wildman–Crippen LogP) is 1.91. The van der Waals surface area contributed by atoms with E-state index in [1.54, 1.807) is 18.5 Å². The molecule has 0 aromatic carbocycles. The second kappa shape index (κ2) is 4.74. The first-order chi connectivity index (χ1) is 7.81. The largest absolute Gasteiger partial charge is 0.461 e. The number of H-pyrrole nitrogens is 1. The van der Waals surface area contributed by atoms with Crippen LogP contribution in [0.3, 0.4) is 0 Å². The van der Waals surface area contributed by atoms with Gasteiger partial charge >= 0.3 is 5.97 Å². The van der Waals surface area contributed by atoms with Gasteiger partial charge in [0.2, 0.25) is 0 Å². The Bertz CT molecular complexity index is 493. The fraction of sp³-hybridized carbons (Fsp3) is 0.364. The minimum atomic E-state index is -0.378. The maximum Gasteiger partial charge on any atom is 0.356 e. The summed E-state index contributed by atoms with van der Waals surface area (Å²) in [6.07, 6.45) is 5.11. The average Bonchev–Trinajstić information content (AvgIpc) is 2.76. The van der Waals surface area contributed by atoms with Crippen LogP contribution in [0.1, 0.15) is 30.3 Å². The summed E-state index contributed by atoms with van der Waals surface area (Å²) < 4.78 is 5.06. The third-order valence-corrected chi connectivity index (χ3v) is 2.26. The SMILES string of the molecule is CCCCOC(=O)c1cc2cn[nH]c2cn1. The van der Waals surface area contributed by atoms with Crippen LogP contribution in [0.2, 0.25) is 0 Å². The molecule has 2 rings (SSSR count). The van der Waals surface area contributed by atoms with Crippen molar-refractivity contribution in [2.45, 2.75) is 19.8 Å². The first-order valence-corrected chi connectivity index (χ1v) is 5.27. The summed E-state index contributed by atoms with van der Waals surface area (Å²) in [6.45, 7) is 2.49. The standard InChI is InChI=1S/C11H13N3O2/c1-2-3-4-16-11(15)9-5-8-6-13-14-10(8)7-12-9/h5-7H,2-4H2,1H3,(H,13,14). The third-order valence-electron chi connectivity index (χ3n) is 2.26.